The van der Waals surface area contributed by atoms with Gasteiger partial charge in [-0.2, -0.15) is 0 Å². The number of nitrogens with zero attached hydrogens (tertiary/aromatic N) is 3. The lowest BCUT2D eigenvalue weighted by molar-refractivity contribution is -0.120. The van der Waals surface area contributed by atoms with Gasteiger partial charge in [-0.3, -0.25) is 4.79 Å². The van der Waals surface area contributed by atoms with Crippen molar-refractivity contribution in [3.63, 3.8) is 0 Å². The Morgan fingerprint density at radius 3 is 2.73 bits per heavy atom. The Morgan fingerprint density at radius 2 is 2.09 bits per heavy atom. The van der Waals surface area contributed by atoms with Crippen molar-refractivity contribution in [1.29, 1.82) is 0 Å². The van der Waals surface area contributed by atoms with Gasteiger partial charge in [-0.05, 0) is 26.8 Å². The Morgan fingerprint density at radius 1 is 1.36 bits per heavy atom. The van der Waals surface area contributed by atoms with Gasteiger partial charge in [0.05, 0.1) is 11.6 Å². The van der Waals surface area contributed by atoms with Crippen LogP contribution in [0.25, 0.3) is 10.6 Å². The van der Waals surface area contributed by atoms with E-state index in [0.717, 1.165) is 15.7 Å². The summed E-state index contributed by atoms with van der Waals surface area (Å²) in [6.45, 7) is 6.82. The van der Waals surface area contributed by atoms with Gasteiger partial charge in [0.25, 0.3) is 0 Å². The minimum Gasteiger partial charge on any atom is -0.352 e. The van der Waals surface area contributed by atoms with Crippen molar-refractivity contribution in [2.24, 2.45) is 0 Å². The normalized spacial score (nSPS) is 10.8. The SMILES string of the molecule is CCN(CC(=O)NC(C)C)c1nnc(-c2ccccc2Cl)s1. The first kappa shape index (κ1) is 16.7. The van der Waals surface area contributed by atoms with Crippen LogP contribution in [-0.4, -0.2) is 35.2 Å². The fourth-order valence-corrected chi connectivity index (χ4v) is 3.17. The van der Waals surface area contributed by atoms with Crippen LogP contribution in [-0.2, 0) is 4.79 Å². The predicted molar refractivity (Wildman–Crippen MR) is 91.5 cm³/mol. The van der Waals surface area contributed by atoms with Crippen molar-refractivity contribution >= 4 is 34.0 Å². The highest BCUT2D eigenvalue weighted by Gasteiger charge is 2.16. The van der Waals surface area contributed by atoms with E-state index >= 15 is 0 Å². The Labute approximate surface area is 139 Å². The summed E-state index contributed by atoms with van der Waals surface area (Å²) in [7, 11) is 0. The lowest BCUT2D eigenvalue weighted by Crippen LogP contribution is -2.40. The second-order valence-electron chi connectivity index (χ2n) is 5.11. The second kappa shape index (κ2) is 7.56. The largest absolute Gasteiger partial charge is 0.352 e. The minimum absolute atomic E-state index is 0.0219. The number of aromatic nitrogens is 2. The van der Waals surface area contributed by atoms with Gasteiger partial charge in [-0.1, -0.05) is 41.1 Å². The average molecular weight is 339 g/mol. The molecule has 1 N–H and O–H groups in total. The third-order valence-corrected chi connectivity index (χ3v) is 4.30. The van der Waals surface area contributed by atoms with Gasteiger partial charge in [0.15, 0.2) is 5.01 Å². The van der Waals surface area contributed by atoms with Crippen LogP contribution in [0.4, 0.5) is 5.13 Å². The van der Waals surface area contributed by atoms with E-state index in [1.165, 1.54) is 11.3 Å². The van der Waals surface area contributed by atoms with Crippen molar-refractivity contribution < 1.29 is 4.79 Å². The zero-order valence-corrected chi connectivity index (χ0v) is 14.4. The van der Waals surface area contributed by atoms with E-state index in [-0.39, 0.29) is 18.5 Å². The molecular formula is C15H19ClN4OS. The number of hydrogen-bond donors (Lipinski definition) is 1. The zero-order valence-electron chi connectivity index (χ0n) is 12.8. The number of halogens is 1. The number of hydrogen-bond acceptors (Lipinski definition) is 5. The summed E-state index contributed by atoms with van der Waals surface area (Å²) in [4.78, 5) is 13.8. The molecule has 1 amide bonds. The van der Waals surface area contributed by atoms with Crippen molar-refractivity contribution in [1.82, 2.24) is 15.5 Å². The summed E-state index contributed by atoms with van der Waals surface area (Å²) in [6.07, 6.45) is 0. The van der Waals surface area contributed by atoms with Gasteiger partial charge in [-0.15, -0.1) is 10.2 Å². The quantitative estimate of drug-likeness (QED) is 0.878. The lowest BCUT2D eigenvalue weighted by atomic mass is 10.2. The van der Waals surface area contributed by atoms with Crippen LogP contribution in [0.15, 0.2) is 24.3 Å². The van der Waals surface area contributed by atoms with E-state index < -0.39 is 0 Å². The molecule has 0 unspecified atom stereocenters. The van der Waals surface area contributed by atoms with E-state index in [2.05, 4.69) is 15.5 Å². The molecule has 1 heterocycles. The molecule has 7 heteroatoms. The molecule has 0 bridgehead atoms. The highest BCUT2D eigenvalue weighted by molar-refractivity contribution is 7.18. The fourth-order valence-electron chi connectivity index (χ4n) is 1.94. The molecular weight excluding hydrogens is 320 g/mol. The molecule has 1 aromatic carbocycles. The summed E-state index contributed by atoms with van der Waals surface area (Å²) in [5.41, 5.74) is 0.857. The van der Waals surface area contributed by atoms with Gasteiger partial charge in [0.2, 0.25) is 11.0 Å². The van der Waals surface area contributed by atoms with Gasteiger partial charge in [0, 0.05) is 18.2 Å². The Balaban J connectivity index is 2.15. The molecule has 0 radical (unpaired) electrons. The molecule has 2 rings (SSSR count). The minimum atomic E-state index is -0.0219. The highest BCUT2D eigenvalue weighted by atomic mass is 35.5. The molecule has 22 heavy (non-hydrogen) atoms. The maximum Gasteiger partial charge on any atom is 0.239 e. The van der Waals surface area contributed by atoms with Crippen LogP contribution in [0.5, 0.6) is 0 Å². The van der Waals surface area contributed by atoms with E-state index in [0.29, 0.717) is 11.6 Å². The van der Waals surface area contributed by atoms with Crippen molar-refractivity contribution in [3.8, 4) is 10.6 Å². The molecule has 0 saturated heterocycles. The molecule has 0 spiro atoms. The third-order valence-electron chi connectivity index (χ3n) is 2.95. The van der Waals surface area contributed by atoms with E-state index in [1.54, 1.807) is 0 Å². The van der Waals surface area contributed by atoms with Crippen LogP contribution in [0, 0.1) is 0 Å². The average Bonchev–Trinajstić information content (AvgIpc) is 2.94. The molecule has 1 aromatic heterocycles. The summed E-state index contributed by atoms with van der Waals surface area (Å²) in [5, 5.41) is 13.4. The van der Waals surface area contributed by atoms with Crippen LogP contribution >= 0.6 is 22.9 Å². The Kier molecular flexibility index (Phi) is 5.74. The van der Waals surface area contributed by atoms with E-state index in [9.17, 15) is 4.79 Å². The Bertz CT molecular complexity index is 644. The van der Waals surface area contributed by atoms with Gasteiger partial charge >= 0.3 is 0 Å². The maximum absolute atomic E-state index is 11.9. The molecule has 0 fully saturated rings. The van der Waals surface area contributed by atoms with Crippen LogP contribution in [0.1, 0.15) is 20.8 Å². The van der Waals surface area contributed by atoms with Gasteiger partial charge in [-0.25, -0.2) is 0 Å². The number of rotatable bonds is 6. The first-order chi connectivity index (χ1) is 10.5. The number of anilines is 1. The standard InChI is InChI=1S/C15H19ClN4OS/c1-4-20(9-13(21)17-10(2)3)15-19-18-14(22-15)11-7-5-6-8-12(11)16/h5-8,10H,4,9H2,1-3H3,(H,17,21). The van der Waals surface area contributed by atoms with Crippen LogP contribution in [0.2, 0.25) is 5.02 Å². The second-order valence-corrected chi connectivity index (χ2v) is 6.47. The molecule has 118 valence electrons. The highest BCUT2D eigenvalue weighted by Crippen LogP contribution is 2.32. The fraction of sp³-hybridized carbons (Fsp3) is 0.400. The maximum atomic E-state index is 11.9. The van der Waals surface area contributed by atoms with E-state index in [4.69, 9.17) is 11.6 Å². The zero-order chi connectivity index (χ0) is 16.1. The first-order valence-electron chi connectivity index (χ1n) is 7.14. The van der Waals surface area contributed by atoms with Gasteiger partial charge in [0.1, 0.15) is 0 Å². The molecule has 0 aliphatic rings. The topological polar surface area (TPSA) is 58.1 Å². The number of likely N-dealkylation sites (N-methyl/N-ethyl adjacent to an activating group) is 1. The van der Waals surface area contributed by atoms with Crippen molar-refractivity contribution in [2.75, 3.05) is 18.0 Å². The number of nitrogens with one attached hydrogen (secondary N) is 1. The summed E-state index contributed by atoms with van der Waals surface area (Å²) < 4.78 is 0. The molecule has 0 atom stereocenters. The first-order valence-corrected chi connectivity index (χ1v) is 8.33. The summed E-state index contributed by atoms with van der Waals surface area (Å²) in [6, 6.07) is 7.65. The smallest absolute Gasteiger partial charge is 0.239 e. The summed E-state index contributed by atoms with van der Waals surface area (Å²) in [5.74, 6) is -0.0219. The monoisotopic (exact) mass is 338 g/mol. The predicted octanol–water partition coefficient (Wildman–Crippen LogP) is 3.21. The molecule has 0 saturated carbocycles. The van der Waals surface area contributed by atoms with Gasteiger partial charge < -0.3 is 10.2 Å². The third kappa shape index (κ3) is 4.18. The number of benzene rings is 1. The number of carbonyl (C=O) groups is 1. The van der Waals surface area contributed by atoms with Crippen molar-refractivity contribution in [3.05, 3.63) is 29.3 Å². The van der Waals surface area contributed by atoms with Crippen molar-refractivity contribution in [2.45, 2.75) is 26.8 Å². The number of carbonyl (C=O) groups excluding carboxylic acids is 1. The number of amides is 1. The summed E-state index contributed by atoms with van der Waals surface area (Å²) >= 11 is 7.62. The lowest BCUT2D eigenvalue weighted by Gasteiger charge is -2.19. The van der Waals surface area contributed by atoms with Crippen LogP contribution in [0.3, 0.4) is 0 Å². The molecule has 0 aliphatic heterocycles. The van der Waals surface area contributed by atoms with Crippen LogP contribution < -0.4 is 10.2 Å². The molecule has 5 nitrogen and oxygen atoms in total. The molecule has 0 aliphatic carbocycles. The van der Waals surface area contributed by atoms with E-state index in [1.807, 2.05) is 49.9 Å². The molecule has 2 aromatic rings. The Hall–Kier alpha value is -1.66.